The molecule has 1 aromatic heterocycles. The molecule has 2 aliphatic heterocycles. The number of aromatic nitrogens is 2. The zero-order chi connectivity index (χ0) is 21.2. The van der Waals surface area contributed by atoms with Gasteiger partial charge in [0.2, 0.25) is 5.91 Å². The summed E-state index contributed by atoms with van der Waals surface area (Å²) in [6.07, 6.45) is 2.14. The summed E-state index contributed by atoms with van der Waals surface area (Å²) >= 11 is 0. The number of nitrogens with zero attached hydrogens (tertiary/aromatic N) is 5. The summed E-state index contributed by atoms with van der Waals surface area (Å²) in [6, 6.07) is 0. The molecule has 162 valence electrons. The third-order valence-corrected chi connectivity index (χ3v) is 8.12. The monoisotopic (exact) mass is 424 g/mol. The highest BCUT2D eigenvalue weighted by atomic mass is 32.2. The molecular formula is C19H32N6O3S. The van der Waals surface area contributed by atoms with E-state index in [2.05, 4.69) is 5.32 Å². The lowest BCUT2D eigenvalue weighted by molar-refractivity contribution is -0.129. The lowest BCUT2D eigenvalue weighted by atomic mass is 9.96. The fourth-order valence-electron chi connectivity index (χ4n) is 4.15. The van der Waals surface area contributed by atoms with Gasteiger partial charge >= 0.3 is 0 Å². The van der Waals surface area contributed by atoms with Crippen LogP contribution in [0.15, 0.2) is 0 Å². The number of carbonyl (C=O) groups excluding carboxylic acids is 1. The molecule has 0 radical (unpaired) electrons. The predicted octanol–water partition coefficient (Wildman–Crippen LogP) is 1.19. The summed E-state index contributed by atoms with van der Waals surface area (Å²) in [7, 11) is -1.56. The number of nitrogens with one attached hydrogen (secondary N) is 1. The number of rotatable bonds is 6. The highest BCUT2D eigenvalue weighted by Crippen LogP contribution is 2.31. The van der Waals surface area contributed by atoms with E-state index in [-0.39, 0.29) is 11.8 Å². The van der Waals surface area contributed by atoms with Crippen LogP contribution in [0, 0.1) is 0 Å². The van der Waals surface area contributed by atoms with E-state index in [1.54, 1.807) is 11.2 Å². The average Bonchev–Trinajstić information content (AvgIpc) is 2.73. The first-order chi connectivity index (χ1) is 13.8. The van der Waals surface area contributed by atoms with Gasteiger partial charge in [0.15, 0.2) is 0 Å². The Bertz CT molecular complexity index is 830. The fourth-order valence-corrected chi connectivity index (χ4v) is 5.80. The number of amides is 1. The molecule has 1 fully saturated rings. The van der Waals surface area contributed by atoms with E-state index in [9.17, 15) is 13.2 Å². The lowest BCUT2D eigenvalue weighted by Gasteiger charge is -2.34. The van der Waals surface area contributed by atoms with Crippen LogP contribution in [0.3, 0.4) is 0 Å². The molecule has 0 aromatic carbocycles. The molecule has 0 atom stereocenters. The quantitative estimate of drug-likeness (QED) is 0.737. The Kier molecular flexibility index (Phi) is 6.75. The third-order valence-electron chi connectivity index (χ3n) is 5.94. The van der Waals surface area contributed by atoms with Crippen molar-refractivity contribution in [2.75, 3.05) is 45.1 Å². The second-order valence-electron chi connectivity index (χ2n) is 7.56. The van der Waals surface area contributed by atoms with Gasteiger partial charge in [-0.3, -0.25) is 4.79 Å². The Balaban J connectivity index is 1.76. The third kappa shape index (κ3) is 4.39. The van der Waals surface area contributed by atoms with E-state index in [0.717, 1.165) is 22.9 Å². The molecule has 29 heavy (non-hydrogen) atoms. The van der Waals surface area contributed by atoms with E-state index in [1.807, 2.05) is 25.8 Å². The maximum Gasteiger partial charge on any atom is 0.281 e. The summed E-state index contributed by atoms with van der Waals surface area (Å²) in [5, 5.41) is 3.16. The fraction of sp³-hybridized carbons (Fsp3) is 0.737. The highest BCUT2D eigenvalue weighted by molar-refractivity contribution is 7.86. The molecule has 1 aromatic rings. The van der Waals surface area contributed by atoms with E-state index in [1.165, 1.54) is 4.31 Å². The summed E-state index contributed by atoms with van der Waals surface area (Å²) in [5.74, 6) is 1.75. The summed E-state index contributed by atoms with van der Waals surface area (Å²) in [4.78, 5) is 23.1. The van der Waals surface area contributed by atoms with Crippen LogP contribution in [-0.2, 0) is 28.0 Å². The van der Waals surface area contributed by atoms with Crippen LogP contribution in [-0.4, -0.2) is 77.6 Å². The Morgan fingerprint density at radius 2 is 1.83 bits per heavy atom. The van der Waals surface area contributed by atoms with Crippen molar-refractivity contribution in [2.45, 2.75) is 52.5 Å². The zero-order valence-electron chi connectivity index (χ0n) is 17.8. The SMILES string of the molecule is CCN(CC)S(=O)(=O)N1CCC(c2nc3c(c(NC)n2)CN(C(C)=O)CC3)CC1. The van der Waals surface area contributed by atoms with Crippen molar-refractivity contribution < 1.29 is 13.2 Å². The van der Waals surface area contributed by atoms with Gasteiger partial charge in [-0.2, -0.15) is 17.0 Å². The Morgan fingerprint density at radius 3 is 2.38 bits per heavy atom. The van der Waals surface area contributed by atoms with Gasteiger partial charge in [0.25, 0.3) is 10.2 Å². The van der Waals surface area contributed by atoms with Crippen LogP contribution in [0.1, 0.15) is 56.6 Å². The molecule has 1 N–H and O–H groups in total. The van der Waals surface area contributed by atoms with E-state index in [4.69, 9.17) is 9.97 Å². The highest BCUT2D eigenvalue weighted by Gasteiger charge is 2.33. The smallest absolute Gasteiger partial charge is 0.281 e. The van der Waals surface area contributed by atoms with Crippen LogP contribution in [0.25, 0.3) is 0 Å². The Hall–Kier alpha value is -1.78. The Labute approximate surface area is 173 Å². The number of anilines is 1. The summed E-state index contributed by atoms with van der Waals surface area (Å²) < 4.78 is 28.6. The molecule has 0 saturated carbocycles. The van der Waals surface area contributed by atoms with Crippen molar-refractivity contribution in [1.29, 1.82) is 0 Å². The minimum atomic E-state index is -3.40. The molecule has 10 heteroatoms. The predicted molar refractivity (Wildman–Crippen MR) is 112 cm³/mol. The van der Waals surface area contributed by atoms with Crippen molar-refractivity contribution in [1.82, 2.24) is 23.5 Å². The van der Waals surface area contributed by atoms with Gasteiger partial charge in [-0.25, -0.2) is 9.97 Å². The summed E-state index contributed by atoms with van der Waals surface area (Å²) in [5.41, 5.74) is 1.98. The number of fused-ring (bicyclic) bond motifs is 1. The molecule has 0 unspecified atom stereocenters. The van der Waals surface area contributed by atoms with Gasteiger partial charge in [0.1, 0.15) is 11.6 Å². The normalized spacial score (nSPS) is 18.7. The second kappa shape index (κ2) is 8.93. The average molecular weight is 425 g/mol. The van der Waals surface area contributed by atoms with E-state index < -0.39 is 10.2 Å². The molecule has 2 aliphatic rings. The topological polar surface area (TPSA) is 98.7 Å². The van der Waals surface area contributed by atoms with E-state index >= 15 is 0 Å². The van der Waals surface area contributed by atoms with Crippen molar-refractivity contribution in [3.8, 4) is 0 Å². The Morgan fingerprint density at radius 1 is 1.17 bits per heavy atom. The first-order valence-electron chi connectivity index (χ1n) is 10.4. The van der Waals surface area contributed by atoms with Crippen LogP contribution in [0.4, 0.5) is 5.82 Å². The first kappa shape index (κ1) is 21.9. The number of carbonyl (C=O) groups is 1. The largest absolute Gasteiger partial charge is 0.373 e. The molecule has 0 aliphatic carbocycles. The summed E-state index contributed by atoms with van der Waals surface area (Å²) in [6.45, 7) is 8.44. The number of hydrogen-bond acceptors (Lipinski definition) is 6. The molecule has 3 heterocycles. The maximum atomic E-state index is 12.7. The lowest BCUT2D eigenvalue weighted by Crippen LogP contribution is -2.46. The number of piperidine rings is 1. The van der Waals surface area contributed by atoms with Gasteiger partial charge in [-0.05, 0) is 12.8 Å². The minimum absolute atomic E-state index is 0.0589. The van der Waals surface area contributed by atoms with Crippen LogP contribution < -0.4 is 5.32 Å². The van der Waals surface area contributed by atoms with Gasteiger partial charge in [0, 0.05) is 64.6 Å². The molecular weight excluding hydrogens is 392 g/mol. The van der Waals surface area contributed by atoms with Crippen molar-refractivity contribution in [2.24, 2.45) is 0 Å². The molecule has 0 spiro atoms. The van der Waals surface area contributed by atoms with Crippen LogP contribution in [0.2, 0.25) is 0 Å². The standard InChI is InChI=1S/C19H32N6O3S/c1-5-24(6-2)29(27,28)25-11-7-15(8-12-25)18-21-17-9-10-23(14(3)26)13-16(17)19(20-4)22-18/h15H,5-13H2,1-4H3,(H,20,21,22). The second-order valence-corrected chi connectivity index (χ2v) is 9.49. The van der Waals surface area contributed by atoms with E-state index in [0.29, 0.717) is 58.5 Å². The van der Waals surface area contributed by atoms with Crippen molar-refractivity contribution >= 4 is 21.9 Å². The van der Waals surface area contributed by atoms with Crippen molar-refractivity contribution in [3.63, 3.8) is 0 Å². The minimum Gasteiger partial charge on any atom is -0.373 e. The van der Waals surface area contributed by atoms with Gasteiger partial charge in [0.05, 0.1) is 12.2 Å². The molecule has 1 amide bonds. The van der Waals surface area contributed by atoms with Gasteiger partial charge in [-0.1, -0.05) is 13.8 Å². The molecule has 9 nitrogen and oxygen atoms in total. The van der Waals surface area contributed by atoms with Crippen LogP contribution >= 0.6 is 0 Å². The first-order valence-corrected chi connectivity index (χ1v) is 11.8. The molecule has 3 rings (SSSR count). The number of hydrogen-bond donors (Lipinski definition) is 1. The maximum absolute atomic E-state index is 12.7. The van der Waals surface area contributed by atoms with Crippen molar-refractivity contribution in [3.05, 3.63) is 17.1 Å². The molecule has 1 saturated heterocycles. The molecule has 0 bridgehead atoms. The van der Waals surface area contributed by atoms with Gasteiger partial charge in [-0.15, -0.1) is 0 Å². The van der Waals surface area contributed by atoms with Crippen LogP contribution in [0.5, 0.6) is 0 Å². The van der Waals surface area contributed by atoms with Gasteiger partial charge < -0.3 is 10.2 Å². The zero-order valence-corrected chi connectivity index (χ0v) is 18.6.